The number of nitrogens with zero attached hydrogens (tertiary/aromatic N) is 3. The van der Waals surface area contributed by atoms with E-state index < -0.39 is 6.04 Å². The van der Waals surface area contributed by atoms with E-state index in [1.165, 1.54) is 0 Å². The summed E-state index contributed by atoms with van der Waals surface area (Å²) < 4.78 is 0. The molecule has 2 aliphatic rings. The Kier molecular flexibility index (Phi) is 7.45. The summed E-state index contributed by atoms with van der Waals surface area (Å²) in [4.78, 5) is 32.3. The summed E-state index contributed by atoms with van der Waals surface area (Å²) in [5.41, 5.74) is 2.63. The van der Waals surface area contributed by atoms with E-state index in [0.717, 1.165) is 63.2 Å². The number of hydrogen-bond donors (Lipinski definition) is 1. The summed E-state index contributed by atoms with van der Waals surface area (Å²) in [5, 5.41) is 3.68. The van der Waals surface area contributed by atoms with Gasteiger partial charge in [0.25, 0.3) is 0 Å². The fraction of sp³-hybridized carbons (Fsp3) is 0.440. The van der Waals surface area contributed by atoms with Crippen molar-refractivity contribution in [1.82, 2.24) is 14.7 Å². The standard InChI is InChI=1S/C25H31ClN4O2/c1-19-9-10-21(17-22(19)26)27-25(32)24(20-7-3-2-4-8-20)30-15-13-28(14-16-30)18-23(31)29-11-5-6-12-29/h2-4,7-10,17,24H,5-6,11-16,18H2,1H3,(H,27,32). The van der Waals surface area contributed by atoms with Gasteiger partial charge in [-0.05, 0) is 43.0 Å². The Bertz CT molecular complexity index is 938. The minimum atomic E-state index is -0.396. The molecule has 7 heteroatoms. The molecule has 1 N–H and O–H groups in total. The molecule has 1 atom stereocenters. The van der Waals surface area contributed by atoms with Gasteiger partial charge in [0, 0.05) is 50.0 Å². The van der Waals surface area contributed by atoms with Crippen LogP contribution in [0.5, 0.6) is 0 Å². The first-order chi connectivity index (χ1) is 15.5. The molecule has 4 rings (SSSR count). The molecule has 2 heterocycles. The second-order valence-corrected chi connectivity index (χ2v) is 9.07. The lowest BCUT2D eigenvalue weighted by molar-refractivity contribution is -0.132. The van der Waals surface area contributed by atoms with Gasteiger partial charge in [0.1, 0.15) is 6.04 Å². The molecular weight excluding hydrogens is 424 g/mol. The Morgan fingerprint density at radius 2 is 1.66 bits per heavy atom. The predicted octanol–water partition coefficient (Wildman–Crippen LogP) is 3.57. The second kappa shape index (κ2) is 10.5. The summed E-state index contributed by atoms with van der Waals surface area (Å²) in [5.74, 6) is 0.155. The number of nitrogens with one attached hydrogen (secondary N) is 1. The number of halogens is 1. The highest BCUT2D eigenvalue weighted by Gasteiger charge is 2.31. The van der Waals surface area contributed by atoms with Crippen molar-refractivity contribution in [1.29, 1.82) is 0 Å². The van der Waals surface area contributed by atoms with Gasteiger partial charge in [-0.2, -0.15) is 0 Å². The fourth-order valence-electron chi connectivity index (χ4n) is 4.48. The minimum Gasteiger partial charge on any atom is -0.342 e. The Labute approximate surface area is 195 Å². The van der Waals surface area contributed by atoms with Gasteiger partial charge in [0.2, 0.25) is 11.8 Å². The van der Waals surface area contributed by atoms with Crippen molar-refractivity contribution in [3.05, 3.63) is 64.7 Å². The first-order valence-electron chi connectivity index (χ1n) is 11.4. The molecule has 1 unspecified atom stereocenters. The molecule has 0 bridgehead atoms. The summed E-state index contributed by atoms with van der Waals surface area (Å²) >= 11 is 6.25. The third-order valence-corrected chi connectivity index (χ3v) is 6.80. The maximum atomic E-state index is 13.4. The smallest absolute Gasteiger partial charge is 0.246 e. The zero-order valence-corrected chi connectivity index (χ0v) is 19.4. The molecule has 2 aromatic rings. The molecule has 0 radical (unpaired) electrons. The third kappa shape index (κ3) is 5.49. The zero-order valence-electron chi connectivity index (χ0n) is 18.6. The van der Waals surface area contributed by atoms with Crippen LogP contribution in [0.15, 0.2) is 48.5 Å². The van der Waals surface area contributed by atoms with E-state index in [2.05, 4.69) is 15.1 Å². The molecule has 0 aromatic heterocycles. The van der Waals surface area contributed by atoms with Crippen LogP contribution >= 0.6 is 11.6 Å². The minimum absolute atomic E-state index is 0.0716. The highest BCUT2D eigenvalue weighted by Crippen LogP contribution is 2.26. The molecule has 2 aromatic carbocycles. The highest BCUT2D eigenvalue weighted by atomic mass is 35.5. The van der Waals surface area contributed by atoms with Gasteiger partial charge in [-0.3, -0.25) is 19.4 Å². The van der Waals surface area contributed by atoms with Gasteiger partial charge in [-0.15, -0.1) is 0 Å². The lowest BCUT2D eigenvalue weighted by Gasteiger charge is -2.39. The van der Waals surface area contributed by atoms with Crippen LogP contribution in [-0.2, 0) is 9.59 Å². The number of piperazine rings is 1. The van der Waals surface area contributed by atoms with E-state index >= 15 is 0 Å². The Morgan fingerprint density at radius 3 is 2.31 bits per heavy atom. The Balaban J connectivity index is 1.42. The molecular formula is C25H31ClN4O2. The quantitative estimate of drug-likeness (QED) is 0.725. The van der Waals surface area contributed by atoms with Crippen LogP contribution in [0.2, 0.25) is 5.02 Å². The van der Waals surface area contributed by atoms with Crippen molar-refractivity contribution in [3.63, 3.8) is 0 Å². The van der Waals surface area contributed by atoms with Crippen molar-refractivity contribution in [2.45, 2.75) is 25.8 Å². The van der Waals surface area contributed by atoms with Crippen LogP contribution in [0, 0.1) is 6.92 Å². The number of hydrogen-bond acceptors (Lipinski definition) is 4. The van der Waals surface area contributed by atoms with Crippen molar-refractivity contribution in [3.8, 4) is 0 Å². The van der Waals surface area contributed by atoms with Gasteiger partial charge >= 0.3 is 0 Å². The summed E-state index contributed by atoms with van der Waals surface area (Å²) in [7, 11) is 0. The lowest BCUT2D eigenvalue weighted by atomic mass is 10.0. The molecule has 170 valence electrons. The molecule has 2 saturated heterocycles. The van der Waals surface area contributed by atoms with E-state index in [1.807, 2.05) is 54.3 Å². The van der Waals surface area contributed by atoms with Crippen molar-refractivity contribution >= 4 is 29.1 Å². The summed E-state index contributed by atoms with van der Waals surface area (Å²) in [6, 6.07) is 15.1. The molecule has 0 spiro atoms. The fourth-order valence-corrected chi connectivity index (χ4v) is 4.66. The van der Waals surface area contributed by atoms with Crippen molar-refractivity contribution in [2.24, 2.45) is 0 Å². The van der Waals surface area contributed by atoms with E-state index in [9.17, 15) is 9.59 Å². The number of carbonyl (C=O) groups is 2. The lowest BCUT2D eigenvalue weighted by Crippen LogP contribution is -2.52. The summed E-state index contributed by atoms with van der Waals surface area (Å²) in [6.45, 7) is 7.19. The van der Waals surface area contributed by atoms with Crippen molar-refractivity contribution in [2.75, 3.05) is 51.1 Å². The normalized spacial score (nSPS) is 18.5. The van der Waals surface area contributed by atoms with E-state index in [0.29, 0.717) is 17.3 Å². The van der Waals surface area contributed by atoms with Crippen LogP contribution < -0.4 is 5.32 Å². The number of likely N-dealkylation sites (tertiary alicyclic amines) is 1. The molecule has 2 fully saturated rings. The molecule has 32 heavy (non-hydrogen) atoms. The number of aryl methyl sites for hydroxylation is 1. The maximum Gasteiger partial charge on any atom is 0.246 e. The van der Waals surface area contributed by atoms with Crippen LogP contribution in [0.1, 0.15) is 30.0 Å². The monoisotopic (exact) mass is 454 g/mol. The molecule has 2 amide bonds. The first-order valence-corrected chi connectivity index (χ1v) is 11.8. The van der Waals surface area contributed by atoms with Crippen LogP contribution in [-0.4, -0.2) is 72.3 Å². The molecule has 6 nitrogen and oxygen atoms in total. The van der Waals surface area contributed by atoms with E-state index in [-0.39, 0.29) is 11.8 Å². The Hall–Kier alpha value is -2.41. The number of benzene rings is 2. The third-order valence-electron chi connectivity index (χ3n) is 6.39. The average Bonchev–Trinajstić information content (AvgIpc) is 3.34. The average molecular weight is 455 g/mol. The van der Waals surface area contributed by atoms with Gasteiger partial charge < -0.3 is 10.2 Å². The summed E-state index contributed by atoms with van der Waals surface area (Å²) in [6.07, 6.45) is 2.22. The van der Waals surface area contributed by atoms with Gasteiger partial charge in [-0.25, -0.2) is 0 Å². The van der Waals surface area contributed by atoms with Gasteiger partial charge in [0.05, 0.1) is 6.54 Å². The zero-order chi connectivity index (χ0) is 22.5. The molecule has 0 saturated carbocycles. The topological polar surface area (TPSA) is 55.9 Å². The van der Waals surface area contributed by atoms with Crippen LogP contribution in [0.4, 0.5) is 5.69 Å². The first kappa shape index (κ1) is 22.8. The number of rotatable bonds is 6. The SMILES string of the molecule is Cc1ccc(NC(=O)C(c2ccccc2)N2CCN(CC(=O)N3CCCC3)CC2)cc1Cl. The number of amides is 2. The van der Waals surface area contributed by atoms with E-state index in [4.69, 9.17) is 11.6 Å². The van der Waals surface area contributed by atoms with Crippen molar-refractivity contribution < 1.29 is 9.59 Å². The van der Waals surface area contributed by atoms with E-state index in [1.54, 1.807) is 6.07 Å². The predicted molar refractivity (Wildman–Crippen MR) is 128 cm³/mol. The molecule has 0 aliphatic carbocycles. The highest BCUT2D eigenvalue weighted by molar-refractivity contribution is 6.31. The largest absolute Gasteiger partial charge is 0.342 e. The van der Waals surface area contributed by atoms with Gasteiger partial charge in [0.15, 0.2) is 0 Å². The molecule has 2 aliphatic heterocycles. The maximum absolute atomic E-state index is 13.4. The van der Waals surface area contributed by atoms with Crippen LogP contribution in [0.3, 0.4) is 0 Å². The second-order valence-electron chi connectivity index (χ2n) is 8.67. The Morgan fingerprint density at radius 1 is 0.969 bits per heavy atom. The number of carbonyl (C=O) groups excluding carboxylic acids is 2. The van der Waals surface area contributed by atoms with Gasteiger partial charge in [-0.1, -0.05) is 48.0 Å². The number of anilines is 1. The van der Waals surface area contributed by atoms with Crippen LogP contribution in [0.25, 0.3) is 0 Å².